The zero-order chi connectivity index (χ0) is 13.5. The van der Waals surface area contributed by atoms with Gasteiger partial charge in [0.05, 0.1) is 0 Å². The van der Waals surface area contributed by atoms with Gasteiger partial charge in [0.25, 0.3) is 0 Å². The number of rotatable bonds is 5. The second-order valence-corrected chi connectivity index (χ2v) is 6.56. The van der Waals surface area contributed by atoms with Gasteiger partial charge in [-0.25, -0.2) is 0 Å². The average molecular weight is 391 g/mol. The summed E-state index contributed by atoms with van der Waals surface area (Å²) in [4.78, 5) is 2.57. The SMILES string of the molecule is BrCC1CCCCCN1CCOc1ccc(Br)cc1. The number of hydrogen-bond acceptors (Lipinski definition) is 2. The lowest BCUT2D eigenvalue weighted by molar-refractivity contribution is 0.173. The minimum absolute atomic E-state index is 0.677. The summed E-state index contributed by atoms with van der Waals surface area (Å²) >= 11 is 7.08. The minimum Gasteiger partial charge on any atom is -0.492 e. The third kappa shape index (κ3) is 5.09. The first kappa shape index (κ1) is 15.3. The second-order valence-electron chi connectivity index (χ2n) is 5.00. The first-order chi connectivity index (χ1) is 9.29. The summed E-state index contributed by atoms with van der Waals surface area (Å²) in [5.74, 6) is 0.952. The van der Waals surface area contributed by atoms with Crippen molar-refractivity contribution in [1.82, 2.24) is 4.90 Å². The van der Waals surface area contributed by atoms with Crippen molar-refractivity contribution in [2.24, 2.45) is 0 Å². The molecule has 2 nitrogen and oxygen atoms in total. The van der Waals surface area contributed by atoms with E-state index in [1.807, 2.05) is 24.3 Å². The number of halogens is 2. The molecule has 0 aromatic heterocycles. The third-order valence-corrected chi connectivity index (χ3v) is 4.91. The van der Waals surface area contributed by atoms with E-state index in [0.29, 0.717) is 6.04 Å². The van der Waals surface area contributed by atoms with Crippen LogP contribution in [-0.4, -0.2) is 36.0 Å². The van der Waals surface area contributed by atoms with Gasteiger partial charge in [-0.05, 0) is 43.7 Å². The van der Waals surface area contributed by atoms with Gasteiger partial charge in [-0.3, -0.25) is 4.90 Å². The molecule has 0 spiro atoms. The fourth-order valence-corrected chi connectivity index (χ4v) is 3.52. The fourth-order valence-electron chi connectivity index (χ4n) is 2.52. The van der Waals surface area contributed by atoms with Gasteiger partial charge in [-0.2, -0.15) is 0 Å². The van der Waals surface area contributed by atoms with Gasteiger partial charge < -0.3 is 4.74 Å². The van der Waals surface area contributed by atoms with E-state index in [9.17, 15) is 0 Å². The van der Waals surface area contributed by atoms with Gasteiger partial charge >= 0.3 is 0 Å². The highest BCUT2D eigenvalue weighted by atomic mass is 79.9. The Morgan fingerprint density at radius 2 is 1.95 bits per heavy atom. The summed E-state index contributed by atoms with van der Waals surface area (Å²) in [6, 6.07) is 8.73. The summed E-state index contributed by atoms with van der Waals surface area (Å²) in [6.07, 6.45) is 5.36. The maximum absolute atomic E-state index is 5.82. The average Bonchev–Trinajstić information content (AvgIpc) is 2.66. The van der Waals surface area contributed by atoms with Crippen molar-refractivity contribution in [3.05, 3.63) is 28.7 Å². The molecule has 2 rings (SSSR count). The van der Waals surface area contributed by atoms with Crippen LogP contribution in [0.4, 0.5) is 0 Å². The molecule has 1 fully saturated rings. The van der Waals surface area contributed by atoms with Crippen molar-refractivity contribution in [3.8, 4) is 5.75 Å². The van der Waals surface area contributed by atoms with E-state index in [2.05, 4.69) is 36.8 Å². The van der Waals surface area contributed by atoms with Crippen LogP contribution in [0.3, 0.4) is 0 Å². The smallest absolute Gasteiger partial charge is 0.119 e. The van der Waals surface area contributed by atoms with E-state index in [-0.39, 0.29) is 0 Å². The van der Waals surface area contributed by atoms with Crippen molar-refractivity contribution in [2.75, 3.05) is 25.0 Å². The molecule has 0 saturated carbocycles. The topological polar surface area (TPSA) is 12.5 Å². The van der Waals surface area contributed by atoms with Crippen LogP contribution < -0.4 is 4.74 Å². The molecule has 1 atom stereocenters. The molecule has 1 aliphatic rings. The van der Waals surface area contributed by atoms with Gasteiger partial charge in [-0.1, -0.05) is 44.7 Å². The normalized spacial score (nSPS) is 21.1. The summed E-state index contributed by atoms with van der Waals surface area (Å²) < 4.78 is 6.91. The highest BCUT2D eigenvalue weighted by Crippen LogP contribution is 2.19. The molecule has 0 bridgehead atoms. The number of likely N-dealkylation sites (tertiary alicyclic amines) is 1. The van der Waals surface area contributed by atoms with Gasteiger partial charge in [-0.15, -0.1) is 0 Å². The molecule has 0 aliphatic carbocycles. The number of hydrogen-bond donors (Lipinski definition) is 0. The molecule has 0 N–H and O–H groups in total. The van der Waals surface area contributed by atoms with Gasteiger partial charge in [0.15, 0.2) is 0 Å². The minimum atomic E-state index is 0.677. The molecule has 1 saturated heterocycles. The highest BCUT2D eigenvalue weighted by Gasteiger charge is 2.19. The molecule has 1 aliphatic heterocycles. The van der Waals surface area contributed by atoms with Crippen LogP contribution in [0.15, 0.2) is 28.7 Å². The van der Waals surface area contributed by atoms with Crippen molar-refractivity contribution in [1.29, 1.82) is 0 Å². The Kier molecular flexibility index (Phi) is 6.68. The number of benzene rings is 1. The van der Waals surface area contributed by atoms with Gasteiger partial charge in [0, 0.05) is 22.4 Å². The third-order valence-electron chi connectivity index (χ3n) is 3.64. The van der Waals surface area contributed by atoms with Crippen LogP contribution in [0.25, 0.3) is 0 Å². The molecule has 1 unspecified atom stereocenters. The molecule has 1 aromatic rings. The Hall–Kier alpha value is -0.0600. The predicted molar refractivity (Wildman–Crippen MR) is 87.3 cm³/mol. The van der Waals surface area contributed by atoms with Crippen molar-refractivity contribution < 1.29 is 4.74 Å². The molecule has 1 aromatic carbocycles. The molecular weight excluding hydrogens is 370 g/mol. The lowest BCUT2D eigenvalue weighted by Crippen LogP contribution is -2.38. The standard InChI is InChI=1S/C15H21Br2NO/c16-12-14-4-2-1-3-9-18(14)10-11-19-15-7-5-13(17)6-8-15/h5-8,14H,1-4,9-12H2. The van der Waals surface area contributed by atoms with E-state index in [1.165, 1.54) is 32.2 Å². The highest BCUT2D eigenvalue weighted by molar-refractivity contribution is 9.10. The summed E-state index contributed by atoms with van der Waals surface area (Å²) in [7, 11) is 0. The van der Waals surface area contributed by atoms with Crippen LogP contribution in [0.1, 0.15) is 25.7 Å². The molecular formula is C15H21Br2NO. The second kappa shape index (κ2) is 8.28. The van der Waals surface area contributed by atoms with E-state index >= 15 is 0 Å². The first-order valence-electron chi connectivity index (χ1n) is 6.98. The van der Waals surface area contributed by atoms with E-state index in [4.69, 9.17) is 4.74 Å². The molecule has 1 heterocycles. The zero-order valence-corrected chi connectivity index (χ0v) is 14.3. The predicted octanol–water partition coefficient (Wildman–Crippen LogP) is 4.47. The van der Waals surface area contributed by atoms with E-state index in [1.54, 1.807) is 0 Å². The van der Waals surface area contributed by atoms with Crippen LogP contribution in [-0.2, 0) is 0 Å². The Balaban J connectivity index is 1.78. The largest absolute Gasteiger partial charge is 0.492 e. The lowest BCUT2D eigenvalue weighted by Gasteiger charge is -2.28. The maximum atomic E-state index is 5.82. The molecule has 0 radical (unpaired) electrons. The summed E-state index contributed by atoms with van der Waals surface area (Å²) in [5, 5.41) is 1.07. The van der Waals surface area contributed by atoms with Crippen LogP contribution in [0.5, 0.6) is 5.75 Å². The van der Waals surface area contributed by atoms with Crippen LogP contribution in [0.2, 0.25) is 0 Å². The van der Waals surface area contributed by atoms with E-state index in [0.717, 1.165) is 28.7 Å². The van der Waals surface area contributed by atoms with Gasteiger partial charge in [0.1, 0.15) is 12.4 Å². The van der Waals surface area contributed by atoms with Crippen molar-refractivity contribution in [3.63, 3.8) is 0 Å². The maximum Gasteiger partial charge on any atom is 0.119 e. The lowest BCUT2D eigenvalue weighted by atomic mass is 10.1. The molecule has 0 amide bonds. The monoisotopic (exact) mass is 389 g/mol. The zero-order valence-electron chi connectivity index (χ0n) is 11.2. The van der Waals surface area contributed by atoms with Crippen molar-refractivity contribution >= 4 is 31.9 Å². The number of ether oxygens (including phenoxy) is 1. The van der Waals surface area contributed by atoms with Gasteiger partial charge in [0.2, 0.25) is 0 Å². The Bertz CT molecular complexity index is 369. The quantitative estimate of drug-likeness (QED) is 0.687. The summed E-state index contributed by atoms with van der Waals surface area (Å²) in [5.41, 5.74) is 0. The van der Waals surface area contributed by atoms with Crippen LogP contribution >= 0.6 is 31.9 Å². The van der Waals surface area contributed by atoms with Crippen molar-refractivity contribution in [2.45, 2.75) is 31.7 Å². The Morgan fingerprint density at radius 1 is 1.16 bits per heavy atom. The Morgan fingerprint density at radius 3 is 2.68 bits per heavy atom. The Labute approximate surface area is 132 Å². The molecule has 4 heteroatoms. The number of alkyl halides is 1. The summed E-state index contributed by atoms with van der Waals surface area (Å²) in [6.45, 7) is 3.00. The molecule has 106 valence electrons. The number of nitrogens with zero attached hydrogens (tertiary/aromatic N) is 1. The first-order valence-corrected chi connectivity index (χ1v) is 8.89. The van der Waals surface area contributed by atoms with E-state index < -0.39 is 0 Å². The molecule has 19 heavy (non-hydrogen) atoms. The fraction of sp³-hybridized carbons (Fsp3) is 0.600. The van der Waals surface area contributed by atoms with Crippen LogP contribution in [0, 0.1) is 0 Å².